The number of hydrogen-bond donors (Lipinski definition) is 1. The van der Waals surface area contributed by atoms with Crippen molar-refractivity contribution in [3.63, 3.8) is 0 Å². The Hall–Kier alpha value is -0.930. The van der Waals surface area contributed by atoms with Crippen molar-refractivity contribution in [2.24, 2.45) is 5.92 Å². The van der Waals surface area contributed by atoms with Gasteiger partial charge in [0.1, 0.15) is 5.82 Å². The third-order valence-corrected chi connectivity index (χ3v) is 4.18. The Morgan fingerprint density at radius 1 is 1.47 bits per heavy atom. The van der Waals surface area contributed by atoms with Crippen LogP contribution in [0.25, 0.3) is 0 Å². The van der Waals surface area contributed by atoms with Gasteiger partial charge in [-0.1, -0.05) is 19.1 Å². The molecule has 2 nitrogen and oxygen atoms in total. The van der Waals surface area contributed by atoms with E-state index in [0.29, 0.717) is 0 Å². The number of halogens is 1. The maximum absolute atomic E-state index is 13.3. The summed E-state index contributed by atoms with van der Waals surface area (Å²) in [6.45, 7) is 8.74. The van der Waals surface area contributed by atoms with E-state index in [-0.39, 0.29) is 11.9 Å². The molecule has 1 aromatic rings. The van der Waals surface area contributed by atoms with Gasteiger partial charge in [0.2, 0.25) is 0 Å². The highest BCUT2D eigenvalue weighted by Gasteiger charge is 2.20. The fourth-order valence-electron chi connectivity index (χ4n) is 2.95. The summed E-state index contributed by atoms with van der Waals surface area (Å²) in [5.41, 5.74) is 1.07. The van der Waals surface area contributed by atoms with Gasteiger partial charge in [-0.2, -0.15) is 0 Å². The zero-order chi connectivity index (χ0) is 13.7. The number of rotatable bonds is 5. The van der Waals surface area contributed by atoms with Crippen LogP contribution in [-0.2, 0) is 0 Å². The van der Waals surface area contributed by atoms with E-state index < -0.39 is 0 Å². The van der Waals surface area contributed by atoms with E-state index >= 15 is 0 Å². The monoisotopic (exact) mass is 264 g/mol. The maximum Gasteiger partial charge on any atom is 0.123 e. The lowest BCUT2D eigenvalue weighted by atomic mass is 9.97. The van der Waals surface area contributed by atoms with E-state index in [1.807, 2.05) is 6.07 Å². The van der Waals surface area contributed by atoms with E-state index in [9.17, 15) is 4.39 Å². The minimum Gasteiger partial charge on any atom is -0.316 e. The van der Waals surface area contributed by atoms with Crippen LogP contribution in [0.5, 0.6) is 0 Å². The predicted octanol–water partition coefficient (Wildman–Crippen LogP) is 3.21. The summed E-state index contributed by atoms with van der Waals surface area (Å²) in [4.78, 5) is 2.45. The number of piperidine rings is 1. The average Bonchev–Trinajstić information content (AvgIpc) is 2.45. The fraction of sp³-hybridized carbons (Fsp3) is 0.625. The summed E-state index contributed by atoms with van der Waals surface area (Å²) in [5.74, 6) is 0.587. The first kappa shape index (κ1) is 14.5. The number of hydrogen-bond acceptors (Lipinski definition) is 2. The number of nitrogens with one attached hydrogen (secondary N) is 1. The molecular weight excluding hydrogens is 239 g/mol. The Kier molecular flexibility index (Phi) is 5.34. The van der Waals surface area contributed by atoms with E-state index in [2.05, 4.69) is 24.1 Å². The van der Waals surface area contributed by atoms with Crippen LogP contribution < -0.4 is 5.32 Å². The molecule has 0 spiro atoms. The molecule has 2 atom stereocenters. The Morgan fingerprint density at radius 2 is 2.32 bits per heavy atom. The molecule has 1 aliphatic rings. The summed E-state index contributed by atoms with van der Waals surface area (Å²) in [5, 5.41) is 3.47. The predicted molar refractivity (Wildman–Crippen MR) is 77.7 cm³/mol. The van der Waals surface area contributed by atoms with Gasteiger partial charge in [0.25, 0.3) is 0 Å². The minimum absolute atomic E-state index is 0.139. The number of nitrogens with zero attached hydrogens (tertiary/aromatic N) is 1. The van der Waals surface area contributed by atoms with Crippen molar-refractivity contribution in [2.45, 2.75) is 32.7 Å². The van der Waals surface area contributed by atoms with E-state index in [0.717, 1.165) is 37.7 Å². The lowest BCUT2D eigenvalue weighted by Gasteiger charge is -2.33. The van der Waals surface area contributed by atoms with Gasteiger partial charge in [-0.05, 0) is 63.0 Å². The van der Waals surface area contributed by atoms with E-state index in [4.69, 9.17) is 0 Å². The molecular formula is C16H25FN2. The molecule has 1 saturated heterocycles. The van der Waals surface area contributed by atoms with Gasteiger partial charge in [0.05, 0.1) is 0 Å². The molecule has 0 saturated carbocycles. The highest BCUT2D eigenvalue weighted by atomic mass is 19.1. The summed E-state index contributed by atoms with van der Waals surface area (Å²) < 4.78 is 13.3. The van der Waals surface area contributed by atoms with E-state index in [1.54, 1.807) is 12.1 Å². The second-order valence-electron chi connectivity index (χ2n) is 5.53. The third kappa shape index (κ3) is 4.02. The van der Waals surface area contributed by atoms with Crippen LogP contribution in [-0.4, -0.2) is 31.1 Å². The molecule has 1 N–H and O–H groups in total. The molecule has 2 unspecified atom stereocenters. The molecule has 1 aromatic carbocycles. The van der Waals surface area contributed by atoms with Gasteiger partial charge in [-0.3, -0.25) is 4.90 Å². The quantitative estimate of drug-likeness (QED) is 0.878. The highest BCUT2D eigenvalue weighted by molar-refractivity contribution is 5.19. The van der Waals surface area contributed by atoms with Crippen molar-refractivity contribution >= 4 is 0 Å². The molecule has 0 amide bonds. The largest absolute Gasteiger partial charge is 0.316 e. The van der Waals surface area contributed by atoms with Crippen molar-refractivity contribution in [1.82, 2.24) is 10.2 Å². The molecule has 19 heavy (non-hydrogen) atoms. The van der Waals surface area contributed by atoms with Crippen LogP contribution in [0, 0.1) is 11.7 Å². The van der Waals surface area contributed by atoms with Gasteiger partial charge in [0.15, 0.2) is 0 Å². The van der Waals surface area contributed by atoms with Crippen LogP contribution in [0.2, 0.25) is 0 Å². The maximum atomic E-state index is 13.3. The smallest absolute Gasteiger partial charge is 0.123 e. The fourth-order valence-corrected chi connectivity index (χ4v) is 2.95. The minimum atomic E-state index is -0.139. The first-order chi connectivity index (χ1) is 9.20. The lowest BCUT2D eigenvalue weighted by Crippen LogP contribution is -2.39. The zero-order valence-corrected chi connectivity index (χ0v) is 12.0. The van der Waals surface area contributed by atoms with Crippen LogP contribution in [0.1, 0.15) is 38.3 Å². The molecule has 0 aliphatic carbocycles. The van der Waals surface area contributed by atoms with Gasteiger partial charge in [-0.15, -0.1) is 0 Å². The van der Waals surface area contributed by atoms with Gasteiger partial charge in [-0.25, -0.2) is 4.39 Å². The first-order valence-electron chi connectivity index (χ1n) is 7.41. The first-order valence-corrected chi connectivity index (χ1v) is 7.41. The molecule has 1 fully saturated rings. The van der Waals surface area contributed by atoms with Crippen LogP contribution in [0.4, 0.5) is 4.39 Å². The average molecular weight is 264 g/mol. The van der Waals surface area contributed by atoms with Gasteiger partial charge >= 0.3 is 0 Å². The molecule has 0 aromatic heterocycles. The molecule has 1 aliphatic heterocycles. The summed E-state index contributed by atoms with van der Waals surface area (Å²) >= 11 is 0. The van der Waals surface area contributed by atoms with Crippen LogP contribution in [0.15, 0.2) is 24.3 Å². The van der Waals surface area contributed by atoms with Crippen LogP contribution in [0.3, 0.4) is 0 Å². The molecule has 0 bridgehead atoms. The summed E-state index contributed by atoms with van der Waals surface area (Å²) in [6, 6.07) is 7.28. The third-order valence-electron chi connectivity index (χ3n) is 4.18. The second-order valence-corrected chi connectivity index (χ2v) is 5.53. The van der Waals surface area contributed by atoms with Crippen molar-refractivity contribution in [1.29, 1.82) is 0 Å². The Balaban J connectivity index is 1.99. The van der Waals surface area contributed by atoms with E-state index in [1.165, 1.54) is 18.9 Å². The topological polar surface area (TPSA) is 15.3 Å². The highest BCUT2D eigenvalue weighted by Crippen LogP contribution is 2.23. The second kappa shape index (κ2) is 7.01. The van der Waals surface area contributed by atoms with Crippen LogP contribution >= 0.6 is 0 Å². The van der Waals surface area contributed by atoms with Crippen molar-refractivity contribution < 1.29 is 4.39 Å². The van der Waals surface area contributed by atoms with Crippen molar-refractivity contribution in [2.75, 3.05) is 26.2 Å². The standard InChI is InChI=1S/C16H25FN2/c1-3-19(12-14-6-5-9-18-11-14)13(2)15-7-4-8-16(17)10-15/h4,7-8,10,13-14,18H,3,5-6,9,11-12H2,1-2H3. The number of benzene rings is 1. The zero-order valence-electron chi connectivity index (χ0n) is 12.0. The Morgan fingerprint density at radius 3 is 2.95 bits per heavy atom. The normalized spacial score (nSPS) is 21.6. The van der Waals surface area contributed by atoms with Crippen molar-refractivity contribution in [3.8, 4) is 0 Å². The summed E-state index contributed by atoms with van der Waals surface area (Å²) in [6.07, 6.45) is 2.58. The molecule has 0 radical (unpaired) electrons. The summed E-state index contributed by atoms with van der Waals surface area (Å²) in [7, 11) is 0. The molecule has 106 valence electrons. The van der Waals surface area contributed by atoms with Gasteiger partial charge < -0.3 is 5.32 Å². The van der Waals surface area contributed by atoms with Crippen molar-refractivity contribution in [3.05, 3.63) is 35.6 Å². The van der Waals surface area contributed by atoms with Gasteiger partial charge in [0, 0.05) is 12.6 Å². The molecule has 1 heterocycles. The SMILES string of the molecule is CCN(CC1CCCNC1)C(C)c1cccc(F)c1. The Labute approximate surface area is 116 Å². The molecule has 2 rings (SSSR count). The lowest BCUT2D eigenvalue weighted by molar-refractivity contribution is 0.171. The Bertz CT molecular complexity index is 388. The molecule has 3 heteroatoms.